The SMILES string of the molecule is Nc1nc2n(n1)C(=O)C1(CC1)C(=O)N2. The molecule has 0 radical (unpaired) electrons. The molecule has 1 fully saturated rings. The van der Waals surface area contributed by atoms with E-state index in [9.17, 15) is 9.59 Å². The van der Waals surface area contributed by atoms with Gasteiger partial charge in [-0.3, -0.25) is 14.9 Å². The van der Waals surface area contributed by atoms with Crippen LogP contribution in [0.2, 0.25) is 0 Å². The van der Waals surface area contributed by atoms with Crippen LogP contribution in [0.25, 0.3) is 0 Å². The molecule has 7 nitrogen and oxygen atoms in total. The van der Waals surface area contributed by atoms with E-state index in [0.29, 0.717) is 12.8 Å². The van der Waals surface area contributed by atoms with Gasteiger partial charge in [0.15, 0.2) is 0 Å². The molecule has 1 amide bonds. The van der Waals surface area contributed by atoms with Crippen LogP contribution in [0.15, 0.2) is 0 Å². The number of carbonyl (C=O) groups is 2. The summed E-state index contributed by atoms with van der Waals surface area (Å²) >= 11 is 0. The molecule has 3 rings (SSSR count). The maximum Gasteiger partial charge on any atom is 0.265 e. The summed E-state index contributed by atoms with van der Waals surface area (Å²) in [6.07, 6.45) is 1.16. The highest BCUT2D eigenvalue weighted by atomic mass is 16.2. The smallest absolute Gasteiger partial charge is 0.265 e. The monoisotopic (exact) mass is 193 g/mol. The number of nitrogen functional groups attached to an aromatic ring is 1. The van der Waals surface area contributed by atoms with Crippen molar-refractivity contribution < 1.29 is 9.59 Å². The van der Waals surface area contributed by atoms with Gasteiger partial charge in [0.1, 0.15) is 5.41 Å². The van der Waals surface area contributed by atoms with Gasteiger partial charge in [-0.25, -0.2) is 0 Å². The Labute approximate surface area is 78.3 Å². The molecule has 1 aliphatic heterocycles. The lowest BCUT2D eigenvalue weighted by atomic mass is 10.0. The molecule has 0 unspecified atom stereocenters. The maximum atomic E-state index is 11.8. The zero-order valence-electron chi connectivity index (χ0n) is 7.15. The third kappa shape index (κ3) is 0.675. The number of fused-ring (bicyclic) bond motifs is 1. The normalized spacial score (nSPS) is 22.0. The Morgan fingerprint density at radius 3 is 2.79 bits per heavy atom. The summed E-state index contributed by atoms with van der Waals surface area (Å²) in [5.74, 6) is -0.496. The van der Waals surface area contributed by atoms with E-state index in [1.807, 2.05) is 0 Å². The molecule has 1 aliphatic carbocycles. The Hall–Kier alpha value is -1.92. The lowest BCUT2D eigenvalue weighted by molar-refractivity contribution is -0.120. The Kier molecular flexibility index (Phi) is 1.04. The van der Waals surface area contributed by atoms with Gasteiger partial charge in [-0.05, 0) is 12.8 Å². The fourth-order valence-electron chi connectivity index (χ4n) is 1.64. The van der Waals surface area contributed by atoms with Gasteiger partial charge >= 0.3 is 0 Å². The van der Waals surface area contributed by atoms with Crippen LogP contribution < -0.4 is 11.1 Å². The van der Waals surface area contributed by atoms with Crippen LogP contribution in [-0.2, 0) is 4.79 Å². The largest absolute Gasteiger partial charge is 0.366 e. The topological polar surface area (TPSA) is 103 Å². The molecule has 3 N–H and O–H groups in total. The van der Waals surface area contributed by atoms with Crippen LogP contribution in [0.5, 0.6) is 0 Å². The molecule has 1 aromatic rings. The molecule has 72 valence electrons. The molecule has 1 aromatic heterocycles. The van der Waals surface area contributed by atoms with Crippen molar-refractivity contribution in [3.8, 4) is 0 Å². The van der Waals surface area contributed by atoms with Crippen molar-refractivity contribution in [3.05, 3.63) is 0 Å². The van der Waals surface area contributed by atoms with E-state index in [0.717, 1.165) is 4.68 Å². The maximum absolute atomic E-state index is 11.8. The van der Waals surface area contributed by atoms with Gasteiger partial charge in [-0.1, -0.05) is 0 Å². The Balaban J connectivity index is 2.18. The molecule has 1 spiro atoms. The predicted molar refractivity (Wildman–Crippen MR) is 45.4 cm³/mol. The second kappa shape index (κ2) is 1.94. The molecule has 14 heavy (non-hydrogen) atoms. The van der Waals surface area contributed by atoms with Gasteiger partial charge in [0.2, 0.25) is 17.8 Å². The van der Waals surface area contributed by atoms with Crippen molar-refractivity contribution in [1.29, 1.82) is 0 Å². The lowest BCUT2D eigenvalue weighted by Crippen LogP contribution is -2.41. The van der Waals surface area contributed by atoms with Crippen molar-refractivity contribution in [2.24, 2.45) is 5.41 Å². The van der Waals surface area contributed by atoms with E-state index in [-0.39, 0.29) is 23.7 Å². The molecule has 2 heterocycles. The molecular formula is C7H7N5O2. The second-order valence-corrected chi connectivity index (χ2v) is 3.55. The summed E-state index contributed by atoms with van der Waals surface area (Å²) in [4.78, 5) is 27.0. The number of anilines is 2. The Bertz CT molecular complexity index is 459. The molecule has 7 heteroatoms. The average Bonchev–Trinajstić information content (AvgIpc) is 2.84. The van der Waals surface area contributed by atoms with Crippen LogP contribution in [0.3, 0.4) is 0 Å². The van der Waals surface area contributed by atoms with Gasteiger partial charge in [0, 0.05) is 0 Å². The number of hydrogen-bond donors (Lipinski definition) is 2. The van der Waals surface area contributed by atoms with Gasteiger partial charge in [-0.15, -0.1) is 5.10 Å². The minimum absolute atomic E-state index is 0.00801. The van der Waals surface area contributed by atoms with Crippen LogP contribution in [0.4, 0.5) is 11.9 Å². The minimum atomic E-state index is -0.882. The molecule has 0 atom stereocenters. The fourth-order valence-corrected chi connectivity index (χ4v) is 1.64. The summed E-state index contributed by atoms with van der Waals surface area (Å²) in [6, 6.07) is 0. The summed E-state index contributed by atoms with van der Waals surface area (Å²) in [6.45, 7) is 0. The molecule has 0 aromatic carbocycles. The first-order valence-corrected chi connectivity index (χ1v) is 4.22. The van der Waals surface area contributed by atoms with Crippen molar-refractivity contribution in [3.63, 3.8) is 0 Å². The van der Waals surface area contributed by atoms with Gasteiger partial charge in [-0.2, -0.15) is 9.67 Å². The highest BCUT2D eigenvalue weighted by Crippen LogP contribution is 2.49. The average molecular weight is 193 g/mol. The number of nitrogens with two attached hydrogens (primary N) is 1. The summed E-state index contributed by atoms with van der Waals surface area (Å²) in [5, 5.41) is 6.23. The quantitative estimate of drug-likeness (QED) is 0.527. The van der Waals surface area contributed by atoms with E-state index >= 15 is 0 Å². The standard InChI is InChI=1S/C7H7N5O2/c8-5-10-6-9-3(13)7(1-2-7)4(14)12(6)11-5/h1-2H2,(H3,8,9,10,11,13). The first-order valence-electron chi connectivity index (χ1n) is 4.22. The first kappa shape index (κ1) is 7.48. The lowest BCUT2D eigenvalue weighted by Gasteiger charge is -2.19. The Morgan fingerprint density at radius 1 is 1.43 bits per heavy atom. The van der Waals surface area contributed by atoms with E-state index < -0.39 is 5.41 Å². The number of nitrogens with zero attached hydrogens (tertiary/aromatic N) is 3. The van der Waals surface area contributed by atoms with Crippen LogP contribution >= 0.6 is 0 Å². The fraction of sp³-hybridized carbons (Fsp3) is 0.429. The zero-order valence-corrected chi connectivity index (χ0v) is 7.15. The number of hydrogen-bond acceptors (Lipinski definition) is 5. The number of rotatable bonds is 0. The number of amides is 1. The van der Waals surface area contributed by atoms with Gasteiger partial charge < -0.3 is 5.73 Å². The first-order chi connectivity index (χ1) is 6.63. The zero-order chi connectivity index (χ0) is 9.92. The summed E-state index contributed by atoms with van der Waals surface area (Å²) < 4.78 is 1.07. The van der Waals surface area contributed by atoms with Crippen molar-refractivity contribution >= 4 is 23.7 Å². The Morgan fingerprint density at radius 2 is 2.14 bits per heavy atom. The summed E-state index contributed by atoms with van der Waals surface area (Å²) in [7, 11) is 0. The van der Waals surface area contributed by atoms with Crippen molar-refractivity contribution in [2.75, 3.05) is 11.1 Å². The van der Waals surface area contributed by atoms with E-state index in [4.69, 9.17) is 5.73 Å². The molecule has 0 saturated heterocycles. The van der Waals surface area contributed by atoms with Crippen LogP contribution in [0, 0.1) is 5.41 Å². The predicted octanol–water partition coefficient (Wildman–Crippen LogP) is -0.767. The summed E-state index contributed by atoms with van der Waals surface area (Å²) in [5.41, 5.74) is 4.45. The van der Waals surface area contributed by atoms with E-state index in [1.54, 1.807) is 0 Å². The highest BCUT2D eigenvalue weighted by molar-refractivity contribution is 6.16. The molecular weight excluding hydrogens is 186 g/mol. The van der Waals surface area contributed by atoms with Crippen LogP contribution in [-0.4, -0.2) is 26.6 Å². The highest BCUT2D eigenvalue weighted by Gasteiger charge is 2.60. The molecule has 0 bridgehead atoms. The van der Waals surface area contributed by atoms with Gasteiger partial charge in [0.25, 0.3) is 5.91 Å². The minimum Gasteiger partial charge on any atom is -0.366 e. The third-order valence-electron chi connectivity index (χ3n) is 2.64. The number of carbonyl (C=O) groups excluding carboxylic acids is 2. The van der Waals surface area contributed by atoms with E-state index in [1.165, 1.54) is 0 Å². The second-order valence-electron chi connectivity index (χ2n) is 3.55. The van der Waals surface area contributed by atoms with Crippen molar-refractivity contribution in [1.82, 2.24) is 14.8 Å². The number of aromatic nitrogens is 3. The third-order valence-corrected chi connectivity index (χ3v) is 2.64. The number of nitrogens with one attached hydrogen (secondary N) is 1. The molecule has 1 saturated carbocycles. The van der Waals surface area contributed by atoms with Gasteiger partial charge in [0.05, 0.1) is 0 Å². The van der Waals surface area contributed by atoms with Crippen molar-refractivity contribution in [2.45, 2.75) is 12.8 Å². The molecule has 2 aliphatic rings. The van der Waals surface area contributed by atoms with E-state index in [2.05, 4.69) is 15.4 Å². The van der Waals surface area contributed by atoms with Crippen LogP contribution in [0.1, 0.15) is 17.6 Å².